The van der Waals surface area contributed by atoms with Gasteiger partial charge in [-0.1, -0.05) is 55.0 Å². The van der Waals surface area contributed by atoms with E-state index in [1.54, 1.807) is 42.5 Å². The smallest absolute Gasteiger partial charge is 0.264 e. The van der Waals surface area contributed by atoms with Crippen molar-refractivity contribution >= 4 is 50.1 Å². The number of benzene rings is 3. The van der Waals surface area contributed by atoms with E-state index in [-0.39, 0.29) is 23.4 Å². The first-order valence-electron chi connectivity index (χ1n) is 12.5. The molecule has 0 aliphatic carbocycles. The van der Waals surface area contributed by atoms with Crippen molar-refractivity contribution in [3.63, 3.8) is 0 Å². The number of halogens is 1. The Morgan fingerprint density at radius 3 is 2.08 bits per heavy atom. The van der Waals surface area contributed by atoms with Crippen LogP contribution in [-0.4, -0.2) is 43.8 Å². The van der Waals surface area contributed by atoms with Crippen molar-refractivity contribution in [1.29, 1.82) is 0 Å². The molecule has 0 aliphatic heterocycles. The summed E-state index contributed by atoms with van der Waals surface area (Å²) in [7, 11) is -4.06. The normalized spacial score (nSPS) is 12.2. The highest BCUT2D eigenvalue weighted by molar-refractivity contribution is 14.1. The first-order valence-corrected chi connectivity index (χ1v) is 15.0. The van der Waals surface area contributed by atoms with E-state index in [1.165, 1.54) is 17.0 Å². The minimum absolute atomic E-state index is 0.0843. The zero-order chi connectivity index (χ0) is 27.9. The van der Waals surface area contributed by atoms with Gasteiger partial charge in [0.05, 0.1) is 10.6 Å². The number of rotatable bonds is 11. The zero-order valence-corrected chi connectivity index (χ0v) is 25.1. The predicted molar refractivity (Wildman–Crippen MR) is 159 cm³/mol. The average molecular weight is 648 g/mol. The SMILES string of the molecule is CC[C@@H](C(=O)NC(C)C)N(Cc1ccc(C)cc1)C(=O)CN(c1ccc(I)cc1)S(=O)(=O)c1ccccc1. The maximum Gasteiger partial charge on any atom is 0.264 e. The highest BCUT2D eigenvalue weighted by atomic mass is 127. The third-order valence-corrected chi connectivity index (χ3v) is 8.52. The molecule has 202 valence electrons. The van der Waals surface area contributed by atoms with E-state index >= 15 is 0 Å². The molecular formula is C29H34IN3O4S. The molecule has 0 saturated heterocycles. The second-order valence-corrected chi connectivity index (χ2v) is 12.5. The summed E-state index contributed by atoms with van der Waals surface area (Å²) in [5, 5.41) is 2.91. The molecule has 3 aromatic carbocycles. The first-order chi connectivity index (χ1) is 18.0. The van der Waals surface area contributed by atoms with Crippen LogP contribution in [0.3, 0.4) is 0 Å². The van der Waals surface area contributed by atoms with Crippen molar-refractivity contribution in [3.05, 3.63) is 93.6 Å². The third-order valence-electron chi connectivity index (χ3n) is 6.02. The van der Waals surface area contributed by atoms with Gasteiger partial charge in [0.2, 0.25) is 11.8 Å². The molecule has 3 rings (SSSR count). The second kappa shape index (κ2) is 13.2. The standard InChI is InChI=1S/C29H34IN3O4S/c1-5-27(29(35)31-21(2)3)32(19-23-13-11-22(4)12-14-23)28(34)20-33(25-17-15-24(30)16-18-25)38(36,37)26-9-7-6-8-10-26/h6-18,21,27H,5,19-20H2,1-4H3,(H,31,35)/t27-/m0/s1. The Morgan fingerprint density at radius 1 is 0.921 bits per heavy atom. The Kier molecular flexibility index (Phi) is 10.3. The molecule has 1 N–H and O–H groups in total. The summed E-state index contributed by atoms with van der Waals surface area (Å²) in [6.45, 7) is 7.27. The molecule has 0 bridgehead atoms. The molecule has 1 atom stereocenters. The van der Waals surface area contributed by atoms with Crippen LogP contribution in [-0.2, 0) is 26.2 Å². The average Bonchev–Trinajstić information content (AvgIpc) is 2.89. The number of hydrogen-bond donors (Lipinski definition) is 1. The molecule has 0 heterocycles. The van der Waals surface area contributed by atoms with Crippen LogP contribution < -0.4 is 9.62 Å². The van der Waals surface area contributed by atoms with Gasteiger partial charge in [-0.15, -0.1) is 0 Å². The molecule has 0 saturated carbocycles. The highest BCUT2D eigenvalue weighted by Gasteiger charge is 2.33. The summed E-state index contributed by atoms with van der Waals surface area (Å²) >= 11 is 2.15. The molecule has 0 aromatic heterocycles. The van der Waals surface area contributed by atoms with Crippen molar-refractivity contribution in [3.8, 4) is 0 Å². The van der Waals surface area contributed by atoms with Crippen LogP contribution in [0.2, 0.25) is 0 Å². The van der Waals surface area contributed by atoms with Crippen LogP contribution in [0.15, 0.2) is 83.8 Å². The molecule has 7 nitrogen and oxygen atoms in total. The van der Waals surface area contributed by atoms with Crippen LogP contribution >= 0.6 is 22.6 Å². The molecule has 2 amide bonds. The van der Waals surface area contributed by atoms with Gasteiger partial charge in [0, 0.05) is 16.2 Å². The van der Waals surface area contributed by atoms with Crippen LogP contribution in [0.4, 0.5) is 5.69 Å². The van der Waals surface area contributed by atoms with Gasteiger partial charge in [0.1, 0.15) is 12.6 Å². The van der Waals surface area contributed by atoms with Crippen molar-refractivity contribution in [2.24, 2.45) is 0 Å². The number of carbonyl (C=O) groups is 2. The Morgan fingerprint density at radius 2 is 1.53 bits per heavy atom. The summed E-state index contributed by atoms with van der Waals surface area (Å²) in [5.74, 6) is -0.732. The van der Waals surface area contributed by atoms with E-state index in [2.05, 4.69) is 27.9 Å². The summed E-state index contributed by atoms with van der Waals surface area (Å²) in [6, 6.07) is 21.9. The molecule has 0 fully saturated rings. The Balaban J connectivity index is 2.04. The lowest BCUT2D eigenvalue weighted by atomic mass is 10.1. The number of hydrogen-bond acceptors (Lipinski definition) is 4. The topological polar surface area (TPSA) is 86.8 Å². The fourth-order valence-electron chi connectivity index (χ4n) is 4.05. The Bertz CT molecular complexity index is 1330. The molecule has 0 aliphatic rings. The number of sulfonamides is 1. The van der Waals surface area contributed by atoms with Crippen LogP contribution in [0.1, 0.15) is 38.3 Å². The number of nitrogens with one attached hydrogen (secondary N) is 1. The monoisotopic (exact) mass is 647 g/mol. The molecule has 0 radical (unpaired) electrons. The minimum atomic E-state index is -4.06. The molecular weight excluding hydrogens is 613 g/mol. The van der Waals surface area contributed by atoms with Crippen molar-refractivity contribution < 1.29 is 18.0 Å². The predicted octanol–water partition coefficient (Wildman–Crippen LogP) is 5.13. The number of carbonyl (C=O) groups excluding carboxylic acids is 2. The van der Waals surface area contributed by atoms with E-state index < -0.39 is 28.5 Å². The van der Waals surface area contributed by atoms with E-state index in [9.17, 15) is 18.0 Å². The van der Waals surface area contributed by atoms with Gasteiger partial charge >= 0.3 is 0 Å². The van der Waals surface area contributed by atoms with E-state index in [1.807, 2.05) is 52.0 Å². The summed E-state index contributed by atoms with van der Waals surface area (Å²) in [6.07, 6.45) is 0.380. The molecule has 0 spiro atoms. The summed E-state index contributed by atoms with van der Waals surface area (Å²) < 4.78 is 29.6. The maximum atomic E-state index is 14.0. The summed E-state index contributed by atoms with van der Waals surface area (Å²) in [4.78, 5) is 28.7. The molecule has 0 unspecified atom stereocenters. The lowest BCUT2D eigenvalue weighted by Gasteiger charge is -2.33. The van der Waals surface area contributed by atoms with Crippen LogP contribution in [0.25, 0.3) is 0 Å². The van der Waals surface area contributed by atoms with Gasteiger partial charge in [-0.2, -0.15) is 0 Å². The Labute approximate surface area is 239 Å². The molecule has 9 heteroatoms. The number of anilines is 1. The van der Waals surface area contributed by atoms with E-state index in [4.69, 9.17) is 0 Å². The fraction of sp³-hybridized carbons (Fsp3) is 0.310. The highest BCUT2D eigenvalue weighted by Crippen LogP contribution is 2.25. The summed E-state index contributed by atoms with van der Waals surface area (Å²) in [5.41, 5.74) is 2.30. The van der Waals surface area contributed by atoms with Crippen molar-refractivity contribution in [2.75, 3.05) is 10.8 Å². The largest absolute Gasteiger partial charge is 0.352 e. The van der Waals surface area contributed by atoms with Gasteiger partial charge in [-0.05, 0) is 91.7 Å². The zero-order valence-electron chi connectivity index (χ0n) is 22.1. The van der Waals surface area contributed by atoms with Crippen LogP contribution in [0, 0.1) is 10.5 Å². The van der Waals surface area contributed by atoms with Gasteiger partial charge in [-0.3, -0.25) is 13.9 Å². The van der Waals surface area contributed by atoms with Gasteiger partial charge in [0.25, 0.3) is 10.0 Å². The quantitative estimate of drug-likeness (QED) is 0.293. The van der Waals surface area contributed by atoms with Gasteiger partial charge in [-0.25, -0.2) is 8.42 Å². The molecule has 3 aromatic rings. The van der Waals surface area contributed by atoms with Crippen LogP contribution in [0.5, 0.6) is 0 Å². The molecule has 38 heavy (non-hydrogen) atoms. The lowest BCUT2D eigenvalue weighted by Crippen LogP contribution is -2.53. The fourth-order valence-corrected chi connectivity index (χ4v) is 5.84. The second-order valence-electron chi connectivity index (χ2n) is 9.40. The maximum absolute atomic E-state index is 14.0. The Hall–Kier alpha value is -2.92. The number of nitrogens with zero attached hydrogens (tertiary/aromatic N) is 2. The van der Waals surface area contributed by atoms with Crippen molar-refractivity contribution in [1.82, 2.24) is 10.2 Å². The van der Waals surface area contributed by atoms with Gasteiger partial charge in [0.15, 0.2) is 0 Å². The van der Waals surface area contributed by atoms with Gasteiger partial charge < -0.3 is 10.2 Å². The minimum Gasteiger partial charge on any atom is -0.352 e. The number of amides is 2. The number of aryl methyl sites for hydroxylation is 1. The lowest BCUT2D eigenvalue weighted by molar-refractivity contribution is -0.140. The first kappa shape index (κ1) is 29.6. The third kappa shape index (κ3) is 7.57. The van der Waals surface area contributed by atoms with E-state index in [0.717, 1.165) is 19.0 Å². The van der Waals surface area contributed by atoms with E-state index in [0.29, 0.717) is 12.1 Å². The van der Waals surface area contributed by atoms with Crippen molar-refractivity contribution in [2.45, 2.75) is 57.6 Å².